The first-order chi connectivity index (χ1) is 12.1. The number of carbonyl (C=O) groups excluding carboxylic acids is 2. The first-order valence-corrected chi connectivity index (χ1v) is 8.14. The Bertz CT molecular complexity index is 776. The van der Waals surface area contributed by atoms with Crippen molar-refractivity contribution in [3.05, 3.63) is 42.2 Å². The molecule has 2 aromatic rings. The number of nitrogens with two attached hydrogens (primary N) is 1. The van der Waals surface area contributed by atoms with E-state index in [2.05, 4.69) is 9.97 Å². The molecule has 0 bridgehead atoms. The van der Waals surface area contributed by atoms with Crippen LogP contribution in [0.5, 0.6) is 5.88 Å². The molecule has 0 radical (unpaired) electrons. The van der Waals surface area contributed by atoms with E-state index in [9.17, 15) is 9.59 Å². The van der Waals surface area contributed by atoms with Crippen molar-refractivity contribution in [2.24, 2.45) is 11.7 Å². The van der Waals surface area contributed by atoms with Gasteiger partial charge in [-0.15, -0.1) is 0 Å². The molecule has 0 spiro atoms. The Labute approximate surface area is 145 Å². The number of amides is 2. The first-order valence-electron chi connectivity index (χ1n) is 8.14. The number of rotatable bonds is 4. The fourth-order valence-corrected chi connectivity index (χ4v) is 3.02. The quantitative estimate of drug-likeness (QED) is 0.909. The van der Waals surface area contributed by atoms with Crippen LogP contribution in [0.25, 0.3) is 11.3 Å². The topological polar surface area (TPSA) is 98.4 Å². The van der Waals surface area contributed by atoms with Crippen LogP contribution in [0.2, 0.25) is 0 Å². The van der Waals surface area contributed by atoms with Crippen molar-refractivity contribution in [2.45, 2.75) is 12.8 Å². The zero-order valence-electron chi connectivity index (χ0n) is 14.0. The Kier molecular flexibility index (Phi) is 4.92. The molecule has 1 saturated heterocycles. The highest BCUT2D eigenvalue weighted by Crippen LogP contribution is 2.26. The van der Waals surface area contributed by atoms with Gasteiger partial charge in [0.15, 0.2) is 0 Å². The number of piperidine rings is 1. The zero-order valence-corrected chi connectivity index (χ0v) is 14.0. The summed E-state index contributed by atoms with van der Waals surface area (Å²) in [7, 11) is 1.54. The van der Waals surface area contributed by atoms with Crippen LogP contribution in [-0.4, -0.2) is 46.9 Å². The molecule has 1 atom stereocenters. The minimum atomic E-state index is -0.345. The standard InChI is InChI=1S/C18H20N4O3/c1-25-17-15(20-8-9-21-17)12-4-6-13(7-5-12)18(24)22-10-2-3-14(11-22)16(19)23/h4-9,14H,2-3,10-11H2,1H3,(H2,19,23). The molecule has 7 nitrogen and oxygen atoms in total. The maximum Gasteiger partial charge on any atom is 0.253 e. The number of benzene rings is 1. The van der Waals surface area contributed by atoms with Gasteiger partial charge < -0.3 is 15.4 Å². The molecule has 3 rings (SSSR count). The molecular formula is C18H20N4O3. The number of methoxy groups -OCH3 is 1. The number of carbonyl (C=O) groups is 2. The molecular weight excluding hydrogens is 320 g/mol. The van der Waals surface area contributed by atoms with Gasteiger partial charge in [0.1, 0.15) is 5.69 Å². The Morgan fingerprint density at radius 1 is 1.20 bits per heavy atom. The molecule has 0 saturated carbocycles. The Morgan fingerprint density at radius 3 is 2.60 bits per heavy atom. The lowest BCUT2D eigenvalue weighted by atomic mass is 9.96. The van der Waals surface area contributed by atoms with Crippen molar-refractivity contribution >= 4 is 11.8 Å². The molecule has 2 heterocycles. The third kappa shape index (κ3) is 3.60. The molecule has 1 aromatic heterocycles. The van der Waals surface area contributed by atoms with Gasteiger partial charge >= 0.3 is 0 Å². The molecule has 1 aliphatic heterocycles. The molecule has 1 aromatic carbocycles. The number of primary amides is 1. The third-order valence-corrected chi connectivity index (χ3v) is 4.37. The average Bonchev–Trinajstić information content (AvgIpc) is 2.67. The molecule has 1 aliphatic rings. The van der Waals surface area contributed by atoms with E-state index in [1.807, 2.05) is 12.1 Å². The number of ether oxygens (including phenoxy) is 1. The van der Waals surface area contributed by atoms with Crippen LogP contribution in [0.15, 0.2) is 36.7 Å². The van der Waals surface area contributed by atoms with Crippen molar-refractivity contribution < 1.29 is 14.3 Å². The smallest absolute Gasteiger partial charge is 0.253 e. The normalized spacial score (nSPS) is 17.2. The third-order valence-electron chi connectivity index (χ3n) is 4.37. The maximum atomic E-state index is 12.7. The minimum absolute atomic E-state index is 0.0939. The van der Waals surface area contributed by atoms with Crippen LogP contribution < -0.4 is 10.5 Å². The molecule has 25 heavy (non-hydrogen) atoms. The number of hydrogen-bond donors (Lipinski definition) is 1. The van der Waals surface area contributed by atoms with Gasteiger partial charge in [-0.25, -0.2) is 9.97 Å². The van der Waals surface area contributed by atoms with Gasteiger partial charge in [-0.2, -0.15) is 0 Å². The van der Waals surface area contributed by atoms with Crippen LogP contribution in [0.4, 0.5) is 0 Å². The van der Waals surface area contributed by atoms with Crippen LogP contribution in [0, 0.1) is 5.92 Å². The lowest BCUT2D eigenvalue weighted by Crippen LogP contribution is -2.44. The van der Waals surface area contributed by atoms with Crippen molar-refractivity contribution in [1.82, 2.24) is 14.9 Å². The van der Waals surface area contributed by atoms with Crippen molar-refractivity contribution in [2.75, 3.05) is 20.2 Å². The van der Waals surface area contributed by atoms with Gasteiger partial charge in [0, 0.05) is 36.6 Å². The summed E-state index contributed by atoms with van der Waals surface area (Å²) in [5.74, 6) is -0.269. The Hall–Kier alpha value is -2.96. The fraction of sp³-hybridized carbons (Fsp3) is 0.333. The van der Waals surface area contributed by atoms with Crippen LogP contribution in [-0.2, 0) is 4.79 Å². The molecule has 2 N–H and O–H groups in total. The Balaban J connectivity index is 1.78. The van der Waals surface area contributed by atoms with Crippen LogP contribution in [0.3, 0.4) is 0 Å². The van der Waals surface area contributed by atoms with Gasteiger partial charge in [-0.3, -0.25) is 9.59 Å². The number of likely N-dealkylation sites (tertiary alicyclic amines) is 1. The monoisotopic (exact) mass is 340 g/mol. The molecule has 1 unspecified atom stereocenters. The number of aromatic nitrogens is 2. The summed E-state index contributed by atoms with van der Waals surface area (Å²) in [4.78, 5) is 34.1. The summed E-state index contributed by atoms with van der Waals surface area (Å²) >= 11 is 0. The maximum absolute atomic E-state index is 12.7. The summed E-state index contributed by atoms with van der Waals surface area (Å²) in [6.45, 7) is 1.02. The van der Waals surface area contributed by atoms with Gasteiger partial charge in [-0.05, 0) is 25.0 Å². The van der Waals surface area contributed by atoms with Crippen molar-refractivity contribution in [3.8, 4) is 17.1 Å². The van der Waals surface area contributed by atoms with E-state index in [0.717, 1.165) is 18.4 Å². The highest BCUT2D eigenvalue weighted by molar-refractivity contribution is 5.95. The zero-order chi connectivity index (χ0) is 17.8. The van der Waals surface area contributed by atoms with E-state index < -0.39 is 0 Å². The number of nitrogens with zero attached hydrogens (tertiary/aromatic N) is 3. The minimum Gasteiger partial charge on any atom is -0.479 e. The van der Waals surface area contributed by atoms with Crippen LogP contribution >= 0.6 is 0 Å². The van der Waals surface area contributed by atoms with Gasteiger partial charge in [0.2, 0.25) is 11.8 Å². The Morgan fingerprint density at radius 2 is 1.92 bits per heavy atom. The summed E-state index contributed by atoms with van der Waals surface area (Å²) in [5.41, 5.74) is 7.38. The van der Waals surface area contributed by atoms with E-state index in [-0.39, 0.29) is 17.7 Å². The van der Waals surface area contributed by atoms with Crippen LogP contribution in [0.1, 0.15) is 23.2 Å². The SMILES string of the molecule is COc1nccnc1-c1ccc(C(=O)N2CCCC(C(N)=O)C2)cc1. The van der Waals surface area contributed by atoms with E-state index in [1.54, 1.807) is 29.4 Å². The van der Waals surface area contributed by atoms with Gasteiger partial charge in [0.05, 0.1) is 13.0 Å². The van der Waals surface area contributed by atoms with Crippen molar-refractivity contribution in [3.63, 3.8) is 0 Å². The highest BCUT2D eigenvalue weighted by Gasteiger charge is 2.27. The second kappa shape index (κ2) is 7.29. The molecule has 1 fully saturated rings. The summed E-state index contributed by atoms with van der Waals surface area (Å²) in [6, 6.07) is 7.13. The lowest BCUT2D eigenvalue weighted by Gasteiger charge is -2.31. The predicted octanol–water partition coefficient (Wildman–Crippen LogP) is 1.49. The van der Waals surface area contributed by atoms with E-state index in [0.29, 0.717) is 30.2 Å². The largest absolute Gasteiger partial charge is 0.479 e. The van der Waals surface area contributed by atoms with Gasteiger partial charge in [0.25, 0.3) is 5.91 Å². The molecule has 0 aliphatic carbocycles. The summed E-state index contributed by atoms with van der Waals surface area (Å²) in [5, 5.41) is 0. The predicted molar refractivity (Wildman–Crippen MR) is 91.8 cm³/mol. The lowest BCUT2D eigenvalue weighted by molar-refractivity contribution is -0.123. The first kappa shape index (κ1) is 16.9. The van der Waals surface area contributed by atoms with E-state index >= 15 is 0 Å². The molecule has 7 heteroatoms. The van der Waals surface area contributed by atoms with Gasteiger partial charge in [-0.1, -0.05) is 12.1 Å². The van der Waals surface area contributed by atoms with E-state index in [1.165, 1.54) is 7.11 Å². The molecule has 130 valence electrons. The summed E-state index contributed by atoms with van der Waals surface area (Å²) in [6.07, 6.45) is 4.68. The van der Waals surface area contributed by atoms with E-state index in [4.69, 9.17) is 10.5 Å². The number of hydrogen-bond acceptors (Lipinski definition) is 5. The fourth-order valence-electron chi connectivity index (χ4n) is 3.02. The second-order valence-corrected chi connectivity index (χ2v) is 5.98. The van der Waals surface area contributed by atoms with Crippen molar-refractivity contribution in [1.29, 1.82) is 0 Å². The molecule has 2 amide bonds. The average molecular weight is 340 g/mol. The summed E-state index contributed by atoms with van der Waals surface area (Å²) < 4.78 is 5.21. The second-order valence-electron chi connectivity index (χ2n) is 5.98. The highest BCUT2D eigenvalue weighted by atomic mass is 16.5.